The van der Waals surface area contributed by atoms with Crippen LogP contribution in [-0.2, 0) is 16.8 Å². The maximum absolute atomic E-state index is 12.6. The average molecular weight is 405 g/mol. The van der Waals surface area contributed by atoms with E-state index in [4.69, 9.17) is 28.9 Å². The number of hydrogen-bond acceptors (Lipinski definition) is 5. The quantitative estimate of drug-likeness (QED) is 0.792. The highest BCUT2D eigenvalue weighted by molar-refractivity contribution is 6.36. The number of pyridine rings is 1. The largest absolute Gasteiger partial charge is 0.369 e. The lowest BCUT2D eigenvalue weighted by molar-refractivity contribution is -0.128. The number of amides is 1. The predicted molar refractivity (Wildman–Crippen MR) is 105 cm³/mol. The van der Waals surface area contributed by atoms with Crippen molar-refractivity contribution in [3.63, 3.8) is 0 Å². The minimum atomic E-state index is -0.775. The Bertz CT molecular complexity index is 960. The van der Waals surface area contributed by atoms with E-state index in [9.17, 15) is 9.59 Å². The molecule has 8 heteroatoms. The van der Waals surface area contributed by atoms with Crippen molar-refractivity contribution in [2.24, 2.45) is 10.7 Å². The number of ketones is 1. The molecule has 27 heavy (non-hydrogen) atoms. The first-order valence-electron chi connectivity index (χ1n) is 8.25. The Kier molecular flexibility index (Phi) is 5.22. The van der Waals surface area contributed by atoms with Gasteiger partial charge in [0.15, 0.2) is 11.7 Å². The number of nitrogens with two attached hydrogens (primary N) is 1. The minimum Gasteiger partial charge on any atom is -0.369 e. The highest BCUT2D eigenvalue weighted by Crippen LogP contribution is 2.33. The van der Waals surface area contributed by atoms with Crippen LogP contribution in [0.3, 0.4) is 0 Å². The summed E-state index contributed by atoms with van der Waals surface area (Å²) >= 11 is 11.9. The zero-order valence-electron chi connectivity index (χ0n) is 14.9. The van der Waals surface area contributed by atoms with Crippen LogP contribution in [-0.4, -0.2) is 34.6 Å². The summed E-state index contributed by atoms with van der Waals surface area (Å²) in [6.45, 7) is 1.85. The molecule has 2 heterocycles. The summed E-state index contributed by atoms with van der Waals surface area (Å²) in [7, 11) is 1.60. The van der Waals surface area contributed by atoms with Gasteiger partial charge in [-0.1, -0.05) is 47.5 Å². The SMILES string of the molecule is CN1C(=O)CC(C)(c2cccc(CC(=O)c3ncc(Cl)cc3Cl)c2)N=C1N. The maximum Gasteiger partial charge on any atom is 0.231 e. The van der Waals surface area contributed by atoms with Crippen LogP contribution >= 0.6 is 23.2 Å². The first kappa shape index (κ1) is 19.3. The number of carbonyl (C=O) groups is 2. The maximum atomic E-state index is 12.6. The van der Waals surface area contributed by atoms with Crippen molar-refractivity contribution in [1.82, 2.24) is 9.88 Å². The summed E-state index contributed by atoms with van der Waals surface area (Å²) in [6.07, 6.45) is 1.71. The van der Waals surface area contributed by atoms with Gasteiger partial charge in [0.1, 0.15) is 5.69 Å². The second-order valence-electron chi connectivity index (χ2n) is 6.66. The zero-order chi connectivity index (χ0) is 19.8. The number of hydrogen-bond donors (Lipinski definition) is 1. The third-order valence-corrected chi connectivity index (χ3v) is 5.05. The lowest BCUT2D eigenvalue weighted by Gasteiger charge is -2.33. The molecule has 0 spiro atoms. The van der Waals surface area contributed by atoms with Crippen LogP contribution in [0, 0.1) is 0 Å². The molecular formula is C19H18Cl2N4O2. The fourth-order valence-corrected chi connectivity index (χ4v) is 3.47. The van der Waals surface area contributed by atoms with E-state index in [1.54, 1.807) is 7.05 Å². The molecule has 1 amide bonds. The standard InChI is InChI=1S/C19H18Cl2N4O2/c1-19(9-16(27)25(2)18(22)24-19)12-5-3-4-11(6-12)7-15(26)17-14(21)8-13(20)10-23-17/h3-6,8,10H,7,9H2,1-2H3,(H2,22,24). The van der Waals surface area contributed by atoms with Gasteiger partial charge in [0.25, 0.3) is 0 Å². The molecule has 0 bridgehead atoms. The van der Waals surface area contributed by atoms with Gasteiger partial charge in [0.05, 0.1) is 22.0 Å². The fourth-order valence-electron chi connectivity index (χ4n) is 2.98. The van der Waals surface area contributed by atoms with Crippen molar-refractivity contribution in [3.05, 3.63) is 63.4 Å². The molecule has 3 rings (SSSR count). The van der Waals surface area contributed by atoms with Crippen molar-refractivity contribution < 1.29 is 9.59 Å². The number of nitrogens with zero attached hydrogens (tertiary/aromatic N) is 3. The van der Waals surface area contributed by atoms with Gasteiger partial charge in [-0.05, 0) is 24.1 Å². The Morgan fingerprint density at radius 2 is 2.07 bits per heavy atom. The van der Waals surface area contributed by atoms with Gasteiger partial charge in [-0.2, -0.15) is 0 Å². The minimum absolute atomic E-state index is 0.108. The lowest BCUT2D eigenvalue weighted by Crippen LogP contribution is -2.47. The number of benzene rings is 1. The van der Waals surface area contributed by atoms with Crippen LogP contribution < -0.4 is 5.73 Å². The third-order valence-electron chi connectivity index (χ3n) is 4.56. The van der Waals surface area contributed by atoms with Crippen LogP contribution in [0.5, 0.6) is 0 Å². The molecule has 1 aromatic carbocycles. The lowest BCUT2D eigenvalue weighted by atomic mass is 9.86. The van der Waals surface area contributed by atoms with E-state index in [1.807, 2.05) is 31.2 Å². The van der Waals surface area contributed by atoms with Crippen molar-refractivity contribution >= 4 is 40.9 Å². The summed E-state index contributed by atoms with van der Waals surface area (Å²) in [6, 6.07) is 8.88. The van der Waals surface area contributed by atoms with E-state index in [1.165, 1.54) is 17.2 Å². The summed E-state index contributed by atoms with van der Waals surface area (Å²) < 4.78 is 0. The van der Waals surface area contributed by atoms with Gasteiger partial charge in [0.2, 0.25) is 5.91 Å². The Morgan fingerprint density at radius 3 is 2.74 bits per heavy atom. The summed E-state index contributed by atoms with van der Waals surface area (Å²) in [5.74, 6) is -0.155. The monoisotopic (exact) mass is 404 g/mol. The second-order valence-corrected chi connectivity index (χ2v) is 7.50. The zero-order valence-corrected chi connectivity index (χ0v) is 16.4. The molecule has 1 atom stereocenters. The predicted octanol–water partition coefficient (Wildman–Crippen LogP) is 3.21. The normalized spacial score (nSPS) is 19.8. The first-order valence-corrected chi connectivity index (χ1v) is 9.01. The number of rotatable bonds is 4. The molecular weight excluding hydrogens is 387 g/mol. The number of aromatic nitrogens is 1. The van der Waals surface area contributed by atoms with Gasteiger partial charge in [-0.15, -0.1) is 0 Å². The molecule has 140 valence electrons. The number of carbonyl (C=O) groups excluding carboxylic acids is 2. The molecule has 1 aliphatic rings. The van der Waals surface area contributed by atoms with E-state index >= 15 is 0 Å². The van der Waals surface area contributed by atoms with E-state index in [2.05, 4.69) is 9.98 Å². The smallest absolute Gasteiger partial charge is 0.231 e. The Labute approximate surface area is 167 Å². The molecule has 1 aromatic heterocycles. The Hall–Kier alpha value is -2.44. The topological polar surface area (TPSA) is 88.7 Å². The van der Waals surface area contributed by atoms with Gasteiger partial charge < -0.3 is 5.73 Å². The van der Waals surface area contributed by atoms with Crippen LogP contribution in [0.1, 0.15) is 35.0 Å². The molecule has 0 fully saturated rings. The molecule has 6 nitrogen and oxygen atoms in total. The van der Waals surface area contributed by atoms with Crippen LogP contribution in [0.25, 0.3) is 0 Å². The number of Topliss-reactive ketones (excluding diaryl/α,β-unsaturated/α-hetero) is 1. The van der Waals surface area contributed by atoms with Crippen LogP contribution in [0.2, 0.25) is 10.0 Å². The van der Waals surface area contributed by atoms with Crippen LogP contribution in [0.4, 0.5) is 0 Å². The van der Waals surface area contributed by atoms with Gasteiger partial charge in [0, 0.05) is 19.7 Å². The molecule has 2 N–H and O–H groups in total. The second kappa shape index (κ2) is 7.29. The molecule has 0 radical (unpaired) electrons. The van der Waals surface area contributed by atoms with E-state index in [0.717, 1.165) is 11.1 Å². The molecule has 2 aromatic rings. The molecule has 0 saturated heterocycles. The fraction of sp³-hybridized carbons (Fsp3) is 0.263. The summed E-state index contributed by atoms with van der Waals surface area (Å²) in [5, 5.41) is 0.586. The third kappa shape index (κ3) is 3.96. The molecule has 0 saturated carbocycles. The average Bonchev–Trinajstić information content (AvgIpc) is 2.59. The first-order chi connectivity index (χ1) is 12.7. The highest BCUT2D eigenvalue weighted by atomic mass is 35.5. The number of halogens is 2. The van der Waals surface area contributed by atoms with Crippen molar-refractivity contribution in [3.8, 4) is 0 Å². The van der Waals surface area contributed by atoms with E-state index in [-0.39, 0.29) is 41.2 Å². The van der Waals surface area contributed by atoms with Crippen molar-refractivity contribution in [2.75, 3.05) is 7.05 Å². The van der Waals surface area contributed by atoms with Gasteiger partial charge in [-0.3, -0.25) is 14.5 Å². The van der Waals surface area contributed by atoms with Crippen molar-refractivity contribution in [2.45, 2.75) is 25.3 Å². The summed E-state index contributed by atoms with van der Waals surface area (Å²) in [5.41, 5.74) is 6.86. The Balaban J connectivity index is 1.88. The molecule has 0 aliphatic carbocycles. The molecule has 1 aliphatic heterocycles. The van der Waals surface area contributed by atoms with E-state index < -0.39 is 5.54 Å². The van der Waals surface area contributed by atoms with Crippen molar-refractivity contribution in [1.29, 1.82) is 0 Å². The number of guanidine groups is 1. The van der Waals surface area contributed by atoms with Crippen LogP contribution in [0.15, 0.2) is 41.5 Å². The van der Waals surface area contributed by atoms with Gasteiger partial charge >= 0.3 is 0 Å². The highest BCUT2D eigenvalue weighted by Gasteiger charge is 2.36. The van der Waals surface area contributed by atoms with Gasteiger partial charge in [-0.25, -0.2) is 9.98 Å². The Morgan fingerprint density at radius 1 is 1.33 bits per heavy atom. The van der Waals surface area contributed by atoms with E-state index in [0.29, 0.717) is 5.02 Å². The molecule has 1 unspecified atom stereocenters. The summed E-state index contributed by atoms with van der Waals surface area (Å²) in [4.78, 5) is 34.6. The number of aliphatic imine (C=N–C) groups is 1.